The highest BCUT2D eigenvalue weighted by Gasteiger charge is 2.42. The molecule has 1 saturated carbocycles. The van der Waals surface area contributed by atoms with Crippen molar-refractivity contribution < 1.29 is 5.21 Å². The summed E-state index contributed by atoms with van der Waals surface area (Å²) in [6.45, 7) is 0. The summed E-state index contributed by atoms with van der Waals surface area (Å²) in [5, 5.41) is 13.5. The maximum Gasteiger partial charge on any atom is 0.0904 e. The van der Waals surface area contributed by atoms with Crippen molar-refractivity contribution >= 4 is 17.3 Å². The van der Waals surface area contributed by atoms with E-state index < -0.39 is 0 Å². The minimum absolute atomic E-state index is 0.300. The fraction of sp³-hybridized carbons (Fsp3) is 0.188. The highest BCUT2D eigenvalue weighted by molar-refractivity contribution is 6.30. The third-order valence-corrected chi connectivity index (χ3v) is 3.87. The largest absolute Gasteiger partial charge is 0.411 e. The molecule has 0 spiro atoms. The lowest BCUT2D eigenvalue weighted by molar-refractivity contribution is 0.317. The average molecular weight is 272 g/mol. The number of hydrogen-bond donors (Lipinski definition) is 1. The number of halogens is 1. The standard InChI is InChI=1S/C16H14ClNO/c17-13-8-6-12(7-9-13)16(18-19)15-10-14(15)11-4-2-1-3-5-11/h1-9,14-15,19H,10H2/b18-16+/t14-,15-/m1/s1. The van der Waals surface area contributed by atoms with Crippen LogP contribution in [0.4, 0.5) is 0 Å². The van der Waals surface area contributed by atoms with Crippen LogP contribution in [0.1, 0.15) is 23.5 Å². The van der Waals surface area contributed by atoms with Gasteiger partial charge in [0.15, 0.2) is 0 Å². The van der Waals surface area contributed by atoms with Crippen LogP contribution in [-0.2, 0) is 0 Å². The zero-order chi connectivity index (χ0) is 13.2. The summed E-state index contributed by atoms with van der Waals surface area (Å²) in [5.41, 5.74) is 3.00. The van der Waals surface area contributed by atoms with E-state index in [4.69, 9.17) is 11.6 Å². The molecule has 96 valence electrons. The Bertz CT molecular complexity index is 592. The van der Waals surface area contributed by atoms with Crippen LogP contribution in [0.3, 0.4) is 0 Å². The van der Waals surface area contributed by atoms with Crippen LogP contribution in [0.15, 0.2) is 59.8 Å². The van der Waals surface area contributed by atoms with E-state index in [1.165, 1.54) is 5.56 Å². The number of oxime groups is 1. The first-order chi connectivity index (χ1) is 9.29. The molecule has 0 bridgehead atoms. The predicted octanol–water partition coefficient (Wildman–Crippen LogP) is 4.32. The van der Waals surface area contributed by atoms with Gasteiger partial charge in [-0.1, -0.05) is 59.2 Å². The molecule has 2 atom stereocenters. The quantitative estimate of drug-likeness (QED) is 0.503. The highest BCUT2D eigenvalue weighted by Crippen LogP contribution is 2.49. The Hall–Kier alpha value is -1.80. The maximum absolute atomic E-state index is 9.28. The Labute approximate surface area is 117 Å². The molecule has 1 aliphatic carbocycles. The minimum Gasteiger partial charge on any atom is -0.411 e. The van der Waals surface area contributed by atoms with E-state index in [2.05, 4.69) is 17.3 Å². The van der Waals surface area contributed by atoms with Gasteiger partial charge >= 0.3 is 0 Å². The summed E-state index contributed by atoms with van der Waals surface area (Å²) in [4.78, 5) is 0. The topological polar surface area (TPSA) is 32.6 Å². The summed E-state index contributed by atoms with van der Waals surface area (Å²) >= 11 is 5.88. The Morgan fingerprint density at radius 3 is 2.37 bits per heavy atom. The van der Waals surface area contributed by atoms with E-state index >= 15 is 0 Å². The first-order valence-electron chi connectivity index (χ1n) is 6.32. The zero-order valence-corrected chi connectivity index (χ0v) is 11.1. The molecule has 1 fully saturated rings. The van der Waals surface area contributed by atoms with Gasteiger partial charge in [-0.25, -0.2) is 0 Å². The van der Waals surface area contributed by atoms with Crippen molar-refractivity contribution in [1.29, 1.82) is 0 Å². The van der Waals surface area contributed by atoms with Gasteiger partial charge in [0.2, 0.25) is 0 Å². The van der Waals surface area contributed by atoms with Crippen molar-refractivity contribution in [3.05, 3.63) is 70.7 Å². The van der Waals surface area contributed by atoms with E-state index in [0.717, 1.165) is 17.7 Å². The van der Waals surface area contributed by atoms with Crippen molar-refractivity contribution in [2.45, 2.75) is 12.3 Å². The van der Waals surface area contributed by atoms with Gasteiger partial charge in [-0.15, -0.1) is 0 Å². The van der Waals surface area contributed by atoms with Gasteiger partial charge in [0, 0.05) is 10.9 Å². The average Bonchev–Trinajstić information content (AvgIpc) is 3.23. The number of nitrogens with zero attached hydrogens (tertiary/aromatic N) is 1. The number of hydrogen-bond acceptors (Lipinski definition) is 2. The molecule has 3 heteroatoms. The lowest BCUT2D eigenvalue weighted by atomic mass is 10.0. The van der Waals surface area contributed by atoms with E-state index in [9.17, 15) is 5.21 Å². The van der Waals surface area contributed by atoms with Gasteiger partial charge in [-0.05, 0) is 35.6 Å². The molecule has 19 heavy (non-hydrogen) atoms. The van der Waals surface area contributed by atoms with Crippen molar-refractivity contribution in [2.75, 3.05) is 0 Å². The van der Waals surface area contributed by atoms with Gasteiger partial charge in [0.25, 0.3) is 0 Å². The molecule has 3 rings (SSSR count). The molecule has 1 aliphatic rings. The van der Waals surface area contributed by atoms with Crippen LogP contribution in [0.2, 0.25) is 5.02 Å². The minimum atomic E-state index is 0.300. The van der Waals surface area contributed by atoms with Gasteiger partial charge in [-0.2, -0.15) is 0 Å². The van der Waals surface area contributed by atoms with Crippen LogP contribution in [-0.4, -0.2) is 10.9 Å². The van der Waals surface area contributed by atoms with Gasteiger partial charge in [0.05, 0.1) is 5.71 Å². The second kappa shape index (κ2) is 5.06. The molecule has 0 radical (unpaired) electrons. The molecule has 0 saturated heterocycles. The molecule has 0 heterocycles. The Morgan fingerprint density at radius 1 is 1.05 bits per heavy atom. The van der Waals surface area contributed by atoms with Crippen molar-refractivity contribution in [2.24, 2.45) is 11.1 Å². The van der Waals surface area contributed by atoms with Gasteiger partial charge in [-0.3, -0.25) is 0 Å². The molecule has 0 aliphatic heterocycles. The summed E-state index contributed by atoms with van der Waals surface area (Å²) in [6, 6.07) is 17.8. The molecule has 0 aromatic heterocycles. The molecular formula is C16H14ClNO. The van der Waals surface area contributed by atoms with Gasteiger partial charge in [0.1, 0.15) is 0 Å². The summed E-state index contributed by atoms with van der Waals surface area (Å²) in [7, 11) is 0. The number of rotatable bonds is 3. The van der Waals surface area contributed by atoms with Crippen molar-refractivity contribution in [3.63, 3.8) is 0 Å². The van der Waals surface area contributed by atoms with E-state index in [0.29, 0.717) is 16.9 Å². The predicted molar refractivity (Wildman–Crippen MR) is 77.1 cm³/mol. The van der Waals surface area contributed by atoms with E-state index in [1.807, 2.05) is 42.5 Å². The molecule has 2 aromatic carbocycles. The third kappa shape index (κ3) is 2.49. The lowest BCUT2D eigenvalue weighted by Crippen LogP contribution is -2.05. The smallest absolute Gasteiger partial charge is 0.0904 e. The Balaban J connectivity index is 1.81. The normalized spacial score (nSPS) is 22.3. The molecular weight excluding hydrogens is 258 g/mol. The molecule has 2 aromatic rings. The summed E-state index contributed by atoms with van der Waals surface area (Å²) in [6.07, 6.45) is 1.03. The third-order valence-electron chi connectivity index (χ3n) is 3.62. The molecule has 2 nitrogen and oxygen atoms in total. The summed E-state index contributed by atoms with van der Waals surface area (Å²) < 4.78 is 0. The fourth-order valence-electron chi connectivity index (χ4n) is 2.53. The zero-order valence-electron chi connectivity index (χ0n) is 10.3. The maximum atomic E-state index is 9.28. The molecule has 1 N–H and O–H groups in total. The van der Waals surface area contributed by atoms with Crippen molar-refractivity contribution in [3.8, 4) is 0 Å². The Kier molecular flexibility index (Phi) is 3.26. The lowest BCUT2D eigenvalue weighted by Gasteiger charge is -2.04. The number of benzene rings is 2. The van der Waals surface area contributed by atoms with Crippen LogP contribution in [0.5, 0.6) is 0 Å². The van der Waals surface area contributed by atoms with Crippen LogP contribution in [0, 0.1) is 5.92 Å². The van der Waals surface area contributed by atoms with Gasteiger partial charge < -0.3 is 5.21 Å². The first-order valence-corrected chi connectivity index (χ1v) is 6.70. The molecule has 0 amide bonds. The van der Waals surface area contributed by atoms with E-state index in [1.54, 1.807) is 0 Å². The van der Waals surface area contributed by atoms with Crippen LogP contribution < -0.4 is 0 Å². The second-order valence-electron chi connectivity index (χ2n) is 4.85. The van der Waals surface area contributed by atoms with E-state index in [-0.39, 0.29) is 0 Å². The second-order valence-corrected chi connectivity index (χ2v) is 5.29. The van der Waals surface area contributed by atoms with Crippen LogP contribution >= 0.6 is 11.6 Å². The fourth-order valence-corrected chi connectivity index (χ4v) is 2.66. The Morgan fingerprint density at radius 2 is 1.74 bits per heavy atom. The monoisotopic (exact) mass is 271 g/mol. The first kappa shape index (κ1) is 12.2. The summed E-state index contributed by atoms with van der Waals surface area (Å²) in [5.74, 6) is 0.761. The van der Waals surface area contributed by atoms with Crippen LogP contribution in [0.25, 0.3) is 0 Å². The van der Waals surface area contributed by atoms with Crippen molar-refractivity contribution in [1.82, 2.24) is 0 Å². The SMILES string of the molecule is O/N=C(\c1ccc(Cl)cc1)[C@@H]1C[C@@H]1c1ccccc1. The molecule has 0 unspecified atom stereocenters. The highest BCUT2D eigenvalue weighted by atomic mass is 35.5.